The van der Waals surface area contributed by atoms with Crippen molar-refractivity contribution < 1.29 is 13.2 Å². The number of alkyl halides is 1. The molecule has 4 nitrogen and oxygen atoms in total. The zero-order chi connectivity index (χ0) is 23.3. The summed E-state index contributed by atoms with van der Waals surface area (Å²) in [6, 6.07) is 12.5. The number of aromatic nitrogens is 2. The molecule has 0 bridgehead atoms. The van der Waals surface area contributed by atoms with Gasteiger partial charge in [-0.05, 0) is 42.1 Å². The Labute approximate surface area is 187 Å². The van der Waals surface area contributed by atoms with Crippen molar-refractivity contribution in [2.75, 3.05) is 13.2 Å². The van der Waals surface area contributed by atoms with Crippen molar-refractivity contribution >= 4 is 0 Å². The molecular formula is C25H31F3N4. The van der Waals surface area contributed by atoms with Gasteiger partial charge in [-0.15, -0.1) is 0 Å². The maximum absolute atomic E-state index is 14.5. The van der Waals surface area contributed by atoms with Gasteiger partial charge in [-0.2, -0.15) is 0 Å². The second kappa shape index (κ2) is 10.3. The average Bonchev–Trinajstić information content (AvgIpc) is 3.15. The summed E-state index contributed by atoms with van der Waals surface area (Å²) >= 11 is 0. The third kappa shape index (κ3) is 5.99. The Bertz CT molecular complexity index is 1010. The number of nitrogens with one attached hydrogen (secondary N) is 1. The molecule has 0 saturated carbocycles. The number of hydrogen-bond donors (Lipinski definition) is 2. The van der Waals surface area contributed by atoms with Crippen molar-refractivity contribution in [3.63, 3.8) is 0 Å². The maximum atomic E-state index is 14.5. The summed E-state index contributed by atoms with van der Waals surface area (Å²) in [5.74, 6) is -0.350. The summed E-state index contributed by atoms with van der Waals surface area (Å²) in [7, 11) is 0. The van der Waals surface area contributed by atoms with Gasteiger partial charge in [0.15, 0.2) is 0 Å². The summed E-state index contributed by atoms with van der Waals surface area (Å²) in [6.45, 7) is 6.68. The van der Waals surface area contributed by atoms with Gasteiger partial charge in [0.05, 0.1) is 11.7 Å². The highest BCUT2D eigenvalue weighted by Gasteiger charge is 2.31. The van der Waals surface area contributed by atoms with Gasteiger partial charge in [-0.1, -0.05) is 51.1 Å². The molecule has 3 rings (SSSR count). The topological polar surface area (TPSA) is 55.9 Å². The standard InChI is InChI=1S/C25H31F3N4/c1-25(2,3)23(30-12-11-19(29)14-26)24-31-22(20-13-18(27)9-10-21(20)28)16-32(24)15-17-7-5-4-6-8-17/h4-10,13,16,19,23,30H,11-12,14-15,29H2,1-3H3/t19-,23+/m1/s1. The van der Waals surface area contributed by atoms with Gasteiger partial charge in [0.2, 0.25) is 0 Å². The number of halogens is 3. The third-order valence-corrected chi connectivity index (χ3v) is 5.39. The van der Waals surface area contributed by atoms with Crippen molar-refractivity contribution in [2.24, 2.45) is 11.1 Å². The monoisotopic (exact) mass is 444 g/mol. The van der Waals surface area contributed by atoms with Crippen LogP contribution in [-0.2, 0) is 6.54 Å². The zero-order valence-electron chi connectivity index (χ0n) is 18.8. The number of imidazole rings is 1. The fourth-order valence-corrected chi connectivity index (χ4v) is 3.67. The lowest BCUT2D eigenvalue weighted by molar-refractivity contribution is 0.252. The molecule has 3 N–H and O–H groups in total. The van der Waals surface area contributed by atoms with E-state index in [9.17, 15) is 13.2 Å². The first-order valence-corrected chi connectivity index (χ1v) is 10.8. The molecule has 0 radical (unpaired) electrons. The van der Waals surface area contributed by atoms with Gasteiger partial charge < -0.3 is 15.6 Å². The fraction of sp³-hybridized carbons (Fsp3) is 0.400. The molecule has 0 spiro atoms. The predicted octanol–water partition coefficient (Wildman–Crippen LogP) is 5.24. The quantitative estimate of drug-likeness (QED) is 0.475. The van der Waals surface area contributed by atoms with Gasteiger partial charge in [-0.25, -0.2) is 18.2 Å². The van der Waals surface area contributed by atoms with E-state index in [1.165, 1.54) is 0 Å². The van der Waals surface area contributed by atoms with Crippen molar-refractivity contribution in [1.82, 2.24) is 14.9 Å². The summed E-state index contributed by atoms with van der Waals surface area (Å²) in [6.07, 6.45) is 2.24. The van der Waals surface area contributed by atoms with Crippen LogP contribution in [0.15, 0.2) is 54.7 Å². The third-order valence-electron chi connectivity index (χ3n) is 5.39. The summed E-state index contributed by atoms with van der Waals surface area (Å²) < 4.78 is 43.1. The van der Waals surface area contributed by atoms with E-state index in [1.807, 2.05) is 34.9 Å². The smallest absolute Gasteiger partial charge is 0.132 e. The van der Waals surface area contributed by atoms with Gasteiger partial charge in [0, 0.05) is 24.3 Å². The Morgan fingerprint density at radius 1 is 1.09 bits per heavy atom. The first-order valence-electron chi connectivity index (χ1n) is 10.8. The van der Waals surface area contributed by atoms with E-state index in [1.54, 1.807) is 6.20 Å². The molecule has 1 heterocycles. The van der Waals surface area contributed by atoms with Crippen LogP contribution in [0.25, 0.3) is 11.3 Å². The molecule has 0 saturated heterocycles. The van der Waals surface area contributed by atoms with Crippen LogP contribution in [0.4, 0.5) is 13.2 Å². The average molecular weight is 445 g/mol. The van der Waals surface area contributed by atoms with Crippen LogP contribution in [-0.4, -0.2) is 28.8 Å². The molecule has 3 aromatic rings. The Kier molecular flexibility index (Phi) is 7.74. The van der Waals surface area contributed by atoms with Crippen LogP contribution in [0.2, 0.25) is 0 Å². The van der Waals surface area contributed by atoms with E-state index in [4.69, 9.17) is 10.7 Å². The van der Waals surface area contributed by atoms with E-state index < -0.39 is 24.4 Å². The minimum atomic E-state index is -0.576. The molecule has 32 heavy (non-hydrogen) atoms. The van der Waals surface area contributed by atoms with Crippen LogP contribution in [0, 0.1) is 17.0 Å². The highest BCUT2D eigenvalue weighted by Crippen LogP contribution is 2.34. The molecule has 0 amide bonds. The number of rotatable bonds is 9. The predicted molar refractivity (Wildman–Crippen MR) is 122 cm³/mol. The Morgan fingerprint density at radius 2 is 1.81 bits per heavy atom. The molecule has 7 heteroatoms. The molecule has 0 unspecified atom stereocenters. The van der Waals surface area contributed by atoms with Gasteiger partial charge >= 0.3 is 0 Å². The van der Waals surface area contributed by atoms with Crippen LogP contribution in [0.1, 0.15) is 44.6 Å². The van der Waals surface area contributed by atoms with Crippen LogP contribution in [0.5, 0.6) is 0 Å². The Balaban J connectivity index is 2.03. The van der Waals surface area contributed by atoms with Gasteiger partial charge in [-0.3, -0.25) is 0 Å². The van der Waals surface area contributed by atoms with E-state index in [0.29, 0.717) is 31.0 Å². The van der Waals surface area contributed by atoms with Crippen LogP contribution in [0.3, 0.4) is 0 Å². The van der Waals surface area contributed by atoms with Crippen molar-refractivity contribution in [2.45, 2.75) is 45.8 Å². The second-order valence-electron chi connectivity index (χ2n) is 9.18. The van der Waals surface area contributed by atoms with E-state index >= 15 is 0 Å². The van der Waals surface area contributed by atoms with Crippen LogP contribution < -0.4 is 11.1 Å². The highest BCUT2D eigenvalue weighted by atomic mass is 19.1. The first-order chi connectivity index (χ1) is 15.2. The van der Waals surface area contributed by atoms with Crippen molar-refractivity contribution in [3.05, 3.63) is 77.8 Å². The molecule has 0 aliphatic heterocycles. The molecular weight excluding hydrogens is 413 g/mol. The molecule has 172 valence electrons. The van der Waals surface area contributed by atoms with Crippen molar-refractivity contribution in [3.8, 4) is 11.3 Å². The zero-order valence-corrected chi connectivity index (χ0v) is 18.8. The fourth-order valence-electron chi connectivity index (χ4n) is 3.67. The minimum Gasteiger partial charge on any atom is -0.329 e. The Hall–Kier alpha value is -2.64. The lowest BCUT2D eigenvalue weighted by Gasteiger charge is -2.32. The SMILES string of the molecule is CC(C)(C)[C@@H](NCC[C@@H](N)CF)c1nc(-c2cc(F)ccc2F)cn1Cc1ccccc1. The first kappa shape index (κ1) is 24.0. The van der Waals surface area contributed by atoms with E-state index in [-0.39, 0.29) is 17.0 Å². The summed E-state index contributed by atoms with van der Waals surface area (Å²) in [5.41, 5.74) is 7.03. The number of nitrogens with zero attached hydrogens (tertiary/aromatic N) is 2. The number of benzene rings is 2. The highest BCUT2D eigenvalue weighted by molar-refractivity contribution is 5.59. The van der Waals surface area contributed by atoms with E-state index in [0.717, 1.165) is 23.8 Å². The number of nitrogens with two attached hydrogens (primary N) is 1. The molecule has 0 aliphatic rings. The molecule has 0 fully saturated rings. The molecule has 2 atom stereocenters. The molecule has 1 aromatic heterocycles. The molecule has 2 aromatic carbocycles. The Morgan fingerprint density at radius 3 is 2.47 bits per heavy atom. The van der Waals surface area contributed by atoms with Gasteiger partial charge in [0.25, 0.3) is 0 Å². The second-order valence-corrected chi connectivity index (χ2v) is 9.18. The summed E-state index contributed by atoms with van der Waals surface area (Å²) in [5, 5.41) is 3.46. The normalized spacial score (nSPS) is 13.8. The van der Waals surface area contributed by atoms with Crippen LogP contribution >= 0.6 is 0 Å². The van der Waals surface area contributed by atoms with Crippen molar-refractivity contribution in [1.29, 1.82) is 0 Å². The lowest BCUT2D eigenvalue weighted by Crippen LogP contribution is -2.37. The summed E-state index contributed by atoms with van der Waals surface area (Å²) in [4.78, 5) is 4.75. The number of hydrogen-bond acceptors (Lipinski definition) is 3. The van der Waals surface area contributed by atoms with Gasteiger partial charge in [0.1, 0.15) is 24.1 Å². The van der Waals surface area contributed by atoms with E-state index in [2.05, 4.69) is 26.1 Å². The molecule has 0 aliphatic carbocycles. The largest absolute Gasteiger partial charge is 0.329 e. The minimum absolute atomic E-state index is 0.116. The lowest BCUT2D eigenvalue weighted by atomic mass is 9.86. The maximum Gasteiger partial charge on any atom is 0.132 e.